The van der Waals surface area contributed by atoms with Gasteiger partial charge in [-0.3, -0.25) is 0 Å². The summed E-state index contributed by atoms with van der Waals surface area (Å²) >= 11 is 3.01. The van der Waals surface area contributed by atoms with Crippen LogP contribution >= 0.6 is 23.1 Å². The van der Waals surface area contributed by atoms with E-state index in [2.05, 4.69) is 4.98 Å². The average molecular weight is 308 g/mol. The van der Waals surface area contributed by atoms with Gasteiger partial charge >= 0.3 is 0 Å². The minimum atomic E-state index is -3.12. The van der Waals surface area contributed by atoms with Crippen LogP contribution in [0.5, 0.6) is 0 Å². The predicted molar refractivity (Wildman–Crippen MR) is 76.1 cm³/mol. The molecular weight excluding hydrogens is 292 g/mol. The maximum Gasteiger partial charge on any atom is 0.186 e. The van der Waals surface area contributed by atoms with Gasteiger partial charge in [-0.2, -0.15) is 11.8 Å². The Morgan fingerprint density at radius 3 is 2.89 bits per heavy atom. The predicted octanol–water partition coefficient (Wildman–Crippen LogP) is 1.12. The van der Waals surface area contributed by atoms with E-state index >= 15 is 0 Å². The second-order valence-corrected chi connectivity index (χ2v) is 8.67. The fourth-order valence-corrected chi connectivity index (χ4v) is 5.57. The van der Waals surface area contributed by atoms with E-state index in [4.69, 9.17) is 0 Å². The second kappa shape index (κ2) is 5.36. The van der Waals surface area contributed by atoms with Crippen molar-refractivity contribution in [2.24, 2.45) is 0 Å². The van der Waals surface area contributed by atoms with E-state index in [1.165, 1.54) is 17.6 Å². The van der Waals surface area contributed by atoms with Crippen molar-refractivity contribution in [3.8, 4) is 0 Å². The highest BCUT2D eigenvalue weighted by atomic mass is 32.2. The van der Waals surface area contributed by atoms with Gasteiger partial charge in [0.25, 0.3) is 0 Å². The van der Waals surface area contributed by atoms with Crippen molar-refractivity contribution in [3.05, 3.63) is 11.1 Å². The first-order valence-electron chi connectivity index (χ1n) is 5.56. The summed E-state index contributed by atoms with van der Waals surface area (Å²) in [6, 6.07) is 0. The van der Waals surface area contributed by atoms with E-state index in [1.807, 2.05) is 4.90 Å². The molecule has 102 valence electrons. The number of thioether (sulfide) groups is 1. The molecule has 1 fully saturated rings. The minimum absolute atomic E-state index is 0.510. The fourth-order valence-electron chi connectivity index (χ4n) is 1.76. The summed E-state index contributed by atoms with van der Waals surface area (Å²) in [6.45, 7) is 2.35. The summed E-state index contributed by atoms with van der Waals surface area (Å²) in [5.74, 6) is 1.47. The molecule has 1 aromatic rings. The summed E-state index contributed by atoms with van der Waals surface area (Å²) in [5.41, 5.74) is 0. The number of aliphatic hydroxyl groups excluding tert-OH is 1. The van der Waals surface area contributed by atoms with Crippen LogP contribution in [0.1, 0.15) is 17.9 Å². The van der Waals surface area contributed by atoms with Gasteiger partial charge in [0.2, 0.25) is 0 Å². The Kier molecular flexibility index (Phi) is 4.20. The van der Waals surface area contributed by atoms with E-state index in [9.17, 15) is 13.5 Å². The third kappa shape index (κ3) is 2.98. The van der Waals surface area contributed by atoms with Crippen LogP contribution in [0.4, 0.5) is 5.13 Å². The zero-order chi connectivity index (χ0) is 13.3. The lowest BCUT2D eigenvalue weighted by atomic mass is 10.4. The van der Waals surface area contributed by atoms with E-state index in [1.54, 1.807) is 24.9 Å². The number of anilines is 1. The zero-order valence-electron chi connectivity index (χ0n) is 10.2. The average Bonchev–Trinajstić information content (AvgIpc) is 2.77. The highest BCUT2D eigenvalue weighted by Crippen LogP contribution is 2.32. The van der Waals surface area contributed by atoms with E-state index in [0.29, 0.717) is 17.4 Å². The number of thiazole rings is 1. The maximum atomic E-state index is 11.8. The first kappa shape index (κ1) is 14.1. The van der Waals surface area contributed by atoms with Crippen molar-refractivity contribution in [1.82, 2.24) is 4.98 Å². The van der Waals surface area contributed by atoms with Crippen LogP contribution in [0.15, 0.2) is 6.20 Å². The molecule has 2 heterocycles. The molecule has 2 unspecified atom stereocenters. The number of hydrogen-bond acceptors (Lipinski definition) is 7. The molecule has 5 nitrogen and oxygen atoms in total. The molecule has 0 spiro atoms. The van der Waals surface area contributed by atoms with Gasteiger partial charge in [0.15, 0.2) is 15.0 Å². The van der Waals surface area contributed by atoms with Crippen LogP contribution in [0.25, 0.3) is 0 Å². The molecule has 0 aromatic carbocycles. The summed E-state index contributed by atoms with van der Waals surface area (Å²) in [7, 11) is -3.12. The Labute approximate surface area is 115 Å². The van der Waals surface area contributed by atoms with Crippen LogP contribution < -0.4 is 4.90 Å². The monoisotopic (exact) mass is 308 g/mol. The Hall–Kier alpha value is -0.310. The lowest BCUT2D eigenvalue weighted by Crippen LogP contribution is -2.47. The molecular formula is C10H16N2O3S3. The Bertz CT molecular complexity index is 512. The molecule has 1 aliphatic heterocycles. The number of aromatic nitrogens is 1. The molecule has 1 aromatic heterocycles. The molecule has 8 heteroatoms. The van der Waals surface area contributed by atoms with E-state index in [-0.39, 0.29) is 0 Å². The van der Waals surface area contributed by atoms with Crippen molar-refractivity contribution in [3.63, 3.8) is 0 Å². The Morgan fingerprint density at radius 1 is 1.61 bits per heavy atom. The summed E-state index contributed by atoms with van der Waals surface area (Å²) in [4.78, 5) is 6.83. The summed E-state index contributed by atoms with van der Waals surface area (Å²) < 4.78 is 23.6. The molecule has 2 rings (SSSR count). The Morgan fingerprint density at radius 2 is 2.33 bits per heavy atom. The van der Waals surface area contributed by atoms with Crippen LogP contribution in [-0.2, 0) is 9.84 Å². The van der Waals surface area contributed by atoms with E-state index in [0.717, 1.165) is 10.6 Å². The van der Waals surface area contributed by atoms with Gasteiger partial charge in [-0.05, 0) is 6.92 Å². The lowest BCUT2D eigenvalue weighted by molar-refractivity contribution is 0.203. The molecule has 0 saturated carbocycles. The van der Waals surface area contributed by atoms with Crippen molar-refractivity contribution in [1.29, 1.82) is 0 Å². The molecule has 18 heavy (non-hydrogen) atoms. The third-order valence-electron chi connectivity index (χ3n) is 2.75. The van der Waals surface area contributed by atoms with Gasteiger partial charge in [-0.25, -0.2) is 13.4 Å². The van der Waals surface area contributed by atoms with Crippen LogP contribution in [0.3, 0.4) is 0 Å². The molecule has 1 N–H and O–H groups in total. The third-order valence-corrected chi connectivity index (χ3v) is 6.60. The maximum absolute atomic E-state index is 11.8. The lowest BCUT2D eigenvalue weighted by Gasteiger charge is -2.33. The van der Waals surface area contributed by atoms with Crippen molar-refractivity contribution in [2.45, 2.75) is 18.4 Å². The van der Waals surface area contributed by atoms with Gasteiger partial charge in [-0.1, -0.05) is 11.3 Å². The second-order valence-electron chi connectivity index (χ2n) is 4.27. The SMILES string of the molecule is CC(O)c1cnc(N2CCSCC2S(C)(=O)=O)s1. The number of hydrogen-bond donors (Lipinski definition) is 1. The first-order chi connectivity index (χ1) is 8.39. The smallest absolute Gasteiger partial charge is 0.186 e. The molecule has 0 bridgehead atoms. The van der Waals surface area contributed by atoms with Crippen molar-refractivity contribution in [2.75, 3.05) is 29.2 Å². The zero-order valence-corrected chi connectivity index (χ0v) is 12.7. The number of sulfone groups is 1. The highest BCUT2D eigenvalue weighted by molar-refractivity contribution is 8.01. The summed E-state index contributed by atoms with van der Waals surface area (Å²) in [5, 5.41) is 9.66. The molecule has 1 aliphatic rings. The summed E-state index contributed by atoms with van der Waals surface area (Å²) in [6.07, 6.45) is 2.32. The van der Waals surface area contributed by atoms with E-state index < -0.39 is 21.3 Å². The van der Waals surface area contributed by atoms with Gasteiger partial charge in [0.05, 0.1) is 11.0 Å². The van der Waals surface area contributed by atoms with Crippen LogP contribution in [-0.4, -0.2) is 48.2 Å². The molecule has 0 aliphatic carbocycles. The fraction of sp³-hybridized carbons (Fsp3) is 0.700. The van der Waals surface area contributed by atoms with Gasteiger partial charge in [0.1, 0.15) is 5.37 Å². The number of aliphatic hydroxyl groups is 1. The first-order valence-corrected chi connectivity index (χ1v) is 9.49. The Balaban J connectivity index is 2.28. The standard InChI is InChI=1S/C10H16N2O3S3/c1-7(13)8-5-11-10(17-8)12-3-4-16-6-9(12)18(2,14)15/h5,7,9,13H,3-4,6H2,1-2H3. The van der Waals surface area contributed by atoms with Gasteiger partial charge < -0.3 is 10.0 Å². The van der Waals surface area contributed by atoms with Crippen LogP contribution in [0.2, 0.25) is 0 Å². The molecule has 2 atom stereocenters. The quantitative estimate of drug-likeness (QED) is 0.902. The molecule has 1 saturated heterocycles. The highest BCUT2D eigenvalue weighted by Gasteiger charge is 2.32. The van der Waals surface area contributed by atoms with Crippen molar-refractivity contribution >= 4 is 38.1 Å². The number of rotatable bonds is 3. The normalized spacial score (nSPS) is 23.1. The van der Waals surface area contributed by atoms with Gasteiger partial charge in [-0.15, -0.1) is 0 Å². The van der Waals surface area contributed by atoms with Gasteiger partial charge in [0, 0.05) is 30.5 Å². The molecule has 0 amide bonds. The number of nitrogens with zero attached hydrogens (tertiary/aromatic N) is 2. The van der Waals surface area contributed by atoms with Crippen molar-refractivity contribution < 1.29 is 13.5 Å². The minimum Gasteiger partial charge on any atom is -0.388 e. The molecule has 0 radical (unpaired) electrons. The topological polar surface area (TPSA) is 70.5 Å². The van der Waals surface area contributed by atoms with Crippen LogP contribution in [0, 0.1) is 0 Å². The largest absolute Gasteiger partial charge is 0.388 e.